The number of aliphatic imine (C=N–C) groups is 1. The van der Waals surface area contributed by atoms with Gasteiger partial charge in [-0.15, -0.1) is 0 Å². The van der Waals surface area contributed by atoms with Crippen LogP contribution in [0.15, 0.2) is 64.1 Å². The van der Waals surface area contributed by atoms with Gasteiger partial charge in [-0.1, -0.05) is 46.3 Å². The van der Waals surface area contributed by atoms with Crippen LogP contribution >= 0.6 is 15.9 Å². The molecule has 3 aromatic rings. The molecule has 0 aliphatic heterocycles. The third kappa shape index (κ3) is 2.76. The van der Waals surface area contributed by atoms with Crippen molar-refractivity contribution in [3.63, 3.8) is 0 Å². The van der Waals surface area contributed by atoms with Crippen molar-refractivity contribution in [1.82, 2.24) is 0 Å². The number of aromatic hydroxyl groups is 2. The second-order valence-electron chi connectivity index (χ2n) is 4.61. The van der Waals surface area contributed by atoms with E-state index in [-0.39, 0.29) is 11.5 Å². The zero-order valence-corrected chi connectivity index (χ0v) is 12.6. The van der Waals surface area contributed by atoms with E-state index < -0.39 is 0 Å². The molecule has 0 unspecified atom stereocenters. The summed E-state index contributed by atoms with van der Waals surface area (Å²) in [5.74, 6) is 0.251. The van der Waals surface area contributed by atoms with Gasteiger partial charge in [0.1, 0.15) is 17.2 Å². The molecule has 0 atom stereocenters. The molecule has 0 saturated carbocycles. The maximum Gasteiger partial charge on any atom is 0.141 e. The van der Waals surface area contributed by atoms with E-state index >= 15 is 0 Å². The molecule has 0 heterocycles. The second kappa shape index (κ2) is 5.58. The number of nitrogens with zero attached hydrogens (tertiary/aromatic N) is 1. The number of fused-ring (bicyclic) bond motifs is 1. The minimum atomic E-state index is 0.0918. The summed E-state index contributed by atoms with van der Waals surface area (Å²) in [6.07, 6.45) is 1.57. The zero-order valence-electron chi connectivity index (χ0n) is 11.0. The van der Waals surface area contributed by atoms with E-state index in [0.29, 0.717) is 11.3 Å². The van der Waals surface area contributed by atoms with Gasteiger partial charge in [-0.05, 0) is 35.0 Å². The third-order valence-corrected chi connectivity index (χ3v) is 3.71. The average molecular weight is 342 g/mol. The highest BCUT2D eigenvalue weighted by Crippen LogP contribution is 2.31. The van der Waals surface area contributed by atoms with Crippen LogP contribution in [0.3, 0.4) is 0 Å². The van der Waals surface area contributed by atoms with E-state index in [0.717, 1.165) is 15.2 Å². The molecule has 0 aliphatic carbocycles. The molecule has 0 amide bonds. The van der Waals surface area contributed by atoms with Crippen molar-refractivity contribution < 1.29 is 10.2 Å². The fourth-order valence-electron chi connectivity index (χ4n) is 2.15. The van der Waals surface area contributed by atoms with Crippen LogP contribution in [-0.2, 0) is 0 Å². The van der Waals surface area contributed by atoms with Crippen LogP contribution in [0, 0.1) is 0 Å². The highest BCUT2D eigenvalue weighted by atomic mass is 79.9. The molecule has 0 aliphatic rings. The third-order valence-electron chi connectivity index (χ3n) is 3.22. The molecule has 3 rings (SSSR count). The first kappa shape index (κ1) is 13.6. The number of benzene rings is 3. The lowest BCUT2D eigenvalue weighted by atomic mass is 10.0. The van der Waals surface area contributed by atoms with E-state index in [9.17, 15) is 10.2 Å². The molecular weight excluding hydrogens is 330 g/mol. The molecule has 0 spiro atoms. The van der Waals surface area contributed by atoms with Crippen molar-refractivity contribution in [2.24, 2.45) is 4.99 Å². The molecule has 0 radical (unpaired) electrons. The van der Waals surface area contributed by atoms with Crippen LogP contribution in [0.4, 0.5) is 5.69 Å². The van der Waals surface area contributed by atoms with Gasteiger partial charge in [0.15, 0.2) is 0 Å². The Kier molecular flexibility index (Phi) is 3.62. The predicted octanol–water partition coefficient (Wildman–Crippen LogP) is 4.76. The van der Waals surface area contributed by atoms with Crippen molar-refractivity contribution in [2.45, 2.75) is 0 Å². The predicted molar refractivity (Wildman–Crippen MR) is 88.7 cm³/mol. The van der Waals surface area contributed by atoms with Crippen molar-refractivity contribution in [3.8, 4) is 11.5 Å². The lowest BCUT2D eigenvalue weighted by Gasteiger charge is -2.05. The first-order valence-corrected chi connectivity index (χ1v) is 7.18. The molecule has 104 valence electrons. The molecule has 3 aromatic carbocycles. The number of phenolic OH excluding ortho intramolecular Hbond substituents is 2. The van der Waals surface area contributed by atoms with E-state index in [4.69, 9.17) is 0 Å². The first-order chi connectivity index (χ1) is 10.1. The molecule has 0 bridgehead atoms. The Morgan fingerprint density at radius 1 is 0.905 bits per heavy atom. The molecule has 3 nitrogen and oxygen atoms in total. The van der Waals surface area contributed by atoms with Crippen LogP contribution in [-0.4, -0.2) is 16.4 Å². The van der Waals surface area contributed by atoms with Gasteiger partial charge in [0.25, 0.3) is 0 Å². The first-order valence-electron chi connectivity index (χ1n) is 6.38. The number of phenols is 2. The molecule has 21 heavy (non-hydrogen) atoms. The summed E-state index contributed by atoms with van der Waals surface area (Å²) in [6.45, 7) is 0. The van der Waals surface area contributed by atoms with Crippen molar-refractivity contribution in [3.05, 3.63) is 64.6 Å². The van der Waals surface area contributed by atoms with Crippen LogP contribution in [0.2, 0.25) is 0 Å². The van der Waals surface area contributed by atoms with E-state index in [2.05, 4.69) is 20.9 Å². The Morgan fingerprint density at radius 2 is 1.67 bits per heavy atom. The van der Waals surface area contributed by atoms with Gasteiger partial charge in [-0.2, -0.15) is 0 Å². The summed E-state index contributed by atoms with van der Waals surface area (Å²) < 4.78 is 0.828. The van der Waals surface area contributed by atoms with Gasteiger partial charge in [-0.25, -0.2) is 0 Å². The largest absolute Gasteiger partial charge is 0.507 e. The molecule has 0 fully saturated rings. The van der Waals surface area contributed by atoms with E-state index in [1.807, 2.05) is 30.3 Å². The van der Waals surface area contributed by atoms with Gasteiger partial charge < -0.3 is 10.2 Å². The Morgan fingerprint density at radius 3 is 2.52 bits per heavy atom. The van der Waals surface area contributed by atoms with Gasteiger partial charge in [0.2, 0.25) is 0 Å². The maximum atomic E-state index is 10.0. The number of halogens is 1. The number of hydrogen-bond acceptors (Lipinski definition) is 3. The molecule has 0 saturated heterocycles. The van der Waals surface area contributed by atoms with Crippen molar-refractivity contribution >= 4 is 38.6 Å². The van der Waals surface area contributed by atoms with E-state index in [1.165, 1.54) is 0 Å². The minimum absolute atomic E-state index is 0.0918. The minimum Gasteiger partial charge on any atom is -0.507 e. The number of rotatable bonds is 2. The second-order valence-corrected chi connectivity index (χ2v) is 5.53. The summed E-state index contributed by atoms with van der Waals surface area (Å²) in [5.41, 5.74) is 1.07. The smallest absolute Gasteiger partial charge is 0.141 e. The Bertz CT molecular complexity index is 843. The van der Waals surface area contributed by atoms with Crippen molar-refractivity contribution in [1.29, 1.82) is 0 Å². The molecule has 2 N–H and O–H groups in total. The van der Waals surface area contributed by atoms with Gasteiger partial charge in [0, 0.05) is 16.3 Å². The maximum absolute atomic E-state index is 10.0. The van der Waals surface area contributed by atoms with Crippen molar-refractivity contribution in [2.75, 3.05) is 0 Å². The summed E-state index contributed by atoms with van der Waals surface area (Å²) in [5, 5.41) is 21.8. The highest BCUT2D eigenvalue weighted by molar-refractivity contribution is 9.10. The zero-order chi connectivity index (χ0) is 14.8. The highest BCUT2D eigenvalue weighted by Gasteiger charge is 2.05. The fourth-order valence-corrected chi connectivity index (χ4v) is 2.50. The Balaban J connectivity index is 2.11. The summed E-state index contributed by atoms with van der Waals surface area (Å²) in [6, 6.07) is 16.3. The summed E-state index contributed by atoms with van der Waals surface area (Å²) in [4.78, 5) is 4.28. The topological polar surface area (TPSA) is 52.8 Å². The normalized spacial score (nSPS) is 11.3. The van der Waals surface area contributed by atoms with Crippen LogP contribution in [0.5, 0.6) is 11.5 Å². The van der Waals surface area contributed by atoms with Crippen LogP contribution < -0.4 is 0 Å². The molecular formula is C17H12BrNO2. The van der Waals surface area contributed by atoms with Gasteiger partial charge in [0.05, 0.1) is 0 Å². The Labute approximate surface area is 130 Å². The average Bonchev–Trinajstić information content (AvgIpc) is 2.49. The monoisotopic (exact) mass is 341 g/mol. The fraction of sp³-hybridized carbons (Fsp3) is 0. The molecule has 0 aromatic heterocycles. The van der Waals surface area contributed by atoms with Crippen LogP contribution in [0.25, 0.3) is 10.8 Å². The quantitative estimate of drug-likeness (QED) is 0.660. The van der Waals surface area contributed by atoms with Gasteiger partial charge in [-0.3, -0.25) is 4.99 Å². The SMILES string of the molecule is Oc1ccc(Br)cc1N=Cc1c(O)ccc2ccccc12. The number of hydrogen-bond donors (Lipinski definition) is 2. The standard InChI is InChI=1S/C17H12BrNO2/c18-12-6-8-17(21)15(9-12)19-10-14-13-4-2-1-3-11(13)5-7-16(14)20/h1-10,20-21H. The van der Waals surface area contributed by atoms with Crippen LogP contribution in [0.1, 0.15) is 5.56 Å². The lowest BCUT2D eigenvalue weighted by molar-refractivity contribution is 0.474. The lowest BCUT2D eigenvalue weighted by Crippen LogP contribution is -1.86. The summed E-state index contributed by atoms with van der Waals surface area (Å²) in [7, 11) is 0. The summed E-state index contributed by atoms with van der Waals surface area (Å²) >= 11 is 3.34. The van der Waals surface area contributed by atoms with Gasteiger partial charge >= 0.3 is 0 Å². The van der Waals surface area contributed by atoms with E-state index in [1.54, 1.807) is 30.5 Å². The Hall–Kier alpha value is -2.33. The molecule has 4 heteroatoms.